The van der Waals surface area contributed by atoms with Crippen molar-refractivity contribution in [2.24, 2.45) is 5.92 Å². The molecule has 3 rings (SSSR count). The Balaban J connectivity index is 0.00000306. The van der Waals surface area contributed by atoms with Crippen molar-refractivity contribution in [2.75, 3.05) is 67.8 Å². The van der Waals surface area contributed by atoms with Crippen LogP contribution in [0.4, 0.5) is 0 Å². The number of piperidine rings is 1. The molecule has 1 aromatic carbocycles. The third kappa shape index (κ3) is 17.9. The lowest BCUT2D eigenvalue weighted by molar-refractivity contribution is -0.134. The molecule has 0 aliphatic carbocycles. The molecule has 0 radical (unpaired) electrons. The Hall–Kier alpha value is -3.15. The van der Waals surface area contributed by atoms with Gasteiger partial charge in [-0.2, -0.15) is 0 Å². The molecule has 2 unspecified atom stereocenters. The van der Waals surface area contributed by atoms with Crippen LogP contribution in [0.5, 0.6) is 5.75 Å². The molecule has 2 aliphatic heterocycles. The van der Waals surface area contributed by atoms with Crippen LogP contribution in [-0.2, 0) is 25.4 Å². The molecule has 8 nitrogen and oxygen atoms in total. The first-order chi connectivity index (χ1) is 23.8. The predicted molar refractivity (Wildman–Crippen MR) is 205 cm³/mol. The highest BCUT2D eigenvalue weighted by molar-refractivity contribution is 5.78. The van der Waals surface area contributed by atoms with Gasteiger partial charge >= 0.3 is 0 Å². The van der Waals surface area contributed by atoms with Gasteiger partial charge in [0.05, 0.1) is 20.8 Å². The molecular weight excluding hydrogens is 614 g/mol. The number of aryl methyl sites for hydroxylation is 1. The van der Waals surface area contributed by atoms with Crippen LogP contribution in [0, 0.1) is 18.8 Å². The Morgan fingerprint density at radius 3 is 2.31 bits per heavy atom. The zero-order valence-electron chi connectivity index (χ0n) is 32.9. The number of terminal acetylenes is 1. The van der Waals surface area contributed by atoms with E-state index in [-0.39, 0.29) is 12.7 Å². The minimum atomic E-state index is 0.225. The molecule has 2 aliphatic rings. The van der Waals surface area contributed by atoms with E-state index in [1.807, 2.05) is 32.9 Å². The Morgan fingerprint density at radius 1 is 1.00 bits per heavy atom. The van der Waals surface area contributed by atoms with Crippen LogP contribution in [0.3, 0.4) is 0 Å². The zero-order valence-corrected chi connectivity index (χ0v) is 32.9. The minimum Gasteiger partial charge on any atom is -0.497 e. The van der Waals surface area contributed by atoms with Gasteiger partial charge in [0.2, 0.25) is 18.5 Å². The van der Waals surface area contributed by atoms with Gasteiger partial charge in [-0.05, 0) is 103 Å². The molecule has 2 fully saturated rings. The summed E-state index contributed by atoms with van der Waals surface area (Å²) in [5.74, 6) is 3.87. The largest absolute Gasteiger partial charge is 0.497 e. The van der Waals surface area contributed by atoms with E-state index in [1.54, 1.807) is 14.2 Å². The molecule has 0 N–H and O–H groups in total. The van der Waals surface area contributed by atoms with E-state index in [0.29, 0.717) is 24.3 Å². The van der Waals surface area contributed by atoms with Gasteiger partial charge in [-0.25, -0.2) is 0 Å². The average molecular weight is 686 g/mol. The summed E-state index contributed by atoms with van der Waals surface area (Å²) in [6.07, 6.45) is 20.8. The molecule has 1 amide bonds. The number of hydrogen-bond acceptors (Lipinski definition) is 7. The SMILES string of the molecule is C#C.CC.CCC.CCCCN(CCCN(C)C)C(=O)CN1CC(C/C=C2/OCO/C2=C(/C)OC)CCC1CCCc1ccccc1OC. The van der Waals surface area contributed by atoms with Crippen molar-refractivity contribution in [1.82, 2.24) is 14.7 Å². The maximum absolute atomic E-state index is 13.7. The van der Waals surface area contributed by atoms with E-state index in [0.717, 1.165) is 101 Å². The van der Waals surface area contributed by atoms with E-state index in [1.165, 1.54) is 12.0 Å². The van der Waals surface area contributed by atoms with Crippen LogP contribution >= 0.6 is 0 Å². The zero-order chi connectivity index (χ0) is 37.0. The van der Waals surface area contributed by atoms with Gasteiger partial charge in [0.1, 0.15) is 11.5 Å². The lowest BCUT2D eigenvalue weighted by atomic mass is 9.87. The number of unbranched alkanes of at least 4 members (excludes halogenated alkanes) is 1. The van der Waals surface area contributed by atoms with Crippen molar-refractivity contribution < 1.29 is 23.7 Å². The summed E-state index contributed by atoms with van der Waals surface area (Å²) in [5.41, 5.74) is 1.25. The molecule has 0 aromatic heterocycles. The molecule has 49 heavy (non-hydrogen) atoms. The summed E-state index contributed by atoms with van der Waals surface area (Å²) in [4.78, 5) is 20.5. The first-order valence-corrected chi connectivity index (χ1v) is 18.6. The van der Waals surface area contributed by atoms with Crippen LogP contribution in [0.25, 0.3) is 0 Å². The molecule has 8 heteroatoms. The van der Waals surface area contributed by atoms with Gasteiger partial charge in [0.25, 0.3) is 0 Å². The summed E-state index contributed by atoms with van der Waals surface area (Å²) in [6, 6.07) is 8.70. The van der Waals surface area contributed by atoms with Crippen LogP contribution in [-0.4, -0.2) is 94.5 Å². The fraction of sp³-hybridized carbons (Fsp3) is 0.683. The second-order valence-electron chi connectivity index (χ2n) is 12.6. The van der Waals surface area contributed by atoms with Gasteiger partial charge in [0, 0.05) is 25.7 Å². The molecule has 2 atom stereocenters. The monoisotopic (exact) mass is 686 g/mol. The summed E-state index contributed by atoms with van der Waals surface area (Å²) in [6.45, 7) is 16.6. The van der Waals surface area contributed by atoms with Gasteiger partial charge < -0.3 is 28.7 Å². The number of rotatable bonds is 17. The van der Waals surface area contributed by atoms with Crippen molar-refractivity contribution in [3.63, 3.8) is 0 Å². The quantitative estimate of drug-likeness (QED) is 0.120. The topological polar surface area (TPSA) is 63.7 Å². The molecule has 0 saturated carbocycles. The lowest BCUT2D eigenvalue weighted by Crippen LogP contribution is -2.49. The van der Waals surface area contributed by atoms with E-state index in [9.17, 15) is 4.79 Å². The van der Waals surface area contributed by atoms with Crippen molar-refractivity contribution >= 4 is 5.91 Å². The Labute approximate surface area is 301 Å². The number of para-hydroxylation sites is 1. The number of ether oxygens (including phenoxy) is 4. The van der Waals surface area contributed by atoms with Crippen molar-refractivity contribution in [3.8, 4) is 18.6 Å². The fourth-order valence-corrected chi connectivity index (χ4v) is 5.98. The Morgan fingerprint density at radius 2 is 1.67 bits per heavy atom. The van der Waals surface area contributed by atoms with E-state index >= 15 is 0 Å². The Bertz CT molecular complexity index is 1080. The average Bonchev–Trinajstić information content (AvgIpc) is 3.60. The number of allylic oxidation sites excluding steroid dienone is 2. The first kappa shape index (κ1) is 45.9. The smallest absolute Gasteiger partial charge is 0.236 e. The van der Waals surface area contributed by atoms with Crippen LogP contribution in [0.15, 0.2) is 47.6 Å². The highest BCUT2D eigenvalue weighted by atomic mass is 16.7. The number of likely N-dealkylation sites (tertiary alicyclic amines) is 1. The first-order valence-electron chi connectivity index (χ1n) is 18.6. The predicted octanol–water partition coefficient (Wildman–Crippen LogP) is 8.53. The van der Waals surface area contributed by atoms with Crippen LogP contribution in [0.1, 0.15) is 105 Å². The normalized spacial score (nSPS) is 18.8. The summed E-state index contributed by atoms with van der Waals surface area (Å²) in [7, 11) is 7.57. The number of methoxy groups -OCH3 is 2. The molecule has 1 aromatic rings. The molecule has 2 saturated heterocycles. The van der Waals surface area contributed by atoms with E-state index in [4.69, 9.17) is 18.9 Å². The number of hydrogen-bond donors (Lipinski definition) is 0. The number of amides is 1. The van der Waals surface area contributed by atoms with Crippen molar-refractivity contribution in [3.05, 3.63) is 53.2 Å². The van der Waals surface area contributed by atoms with Crippen molar-refractivity contribution in [1.29, 1.82) is 0 Å². The summed E-state index contributed by atoms with van der Waals surface area (Å²) < 4.78 is 22.3. The lowest BCUT2D eigenvalue weighted by Gasteiger charge is -2.40. The molecule has 2 heterocycles. The highest BCUT2D eigenvalue weighted by Gasteiger charge is 2.31. The van der Waals surface area contributed by atoms with E-state index < -0.39 is 0 Å². The number of carbonyl (C=O) groups is 1. The highest BCUT2D eigenvalue weighted by Crippen LogP contribution is 2.31. The molecule has 0 spiro atoms. The van der Waals surface area contributed by atoms with Crippen LogP contribution in [0.2, 0.25) is 0 Å². The summed E-state index contributed by atoms with van der Waals surface area (Å²) in [5, 5.41) is 0. The van der Waals surface area contributed by atoms with E-state index in [2.05, 4.69) is 80.6 Å². The van der Waals surface area contributed by atoms with Crippen molar-refractivity contribution in [2.45, 2.75) is 112 Å². The third-order valence-electron chi connectivity index (χ3n) is 8.50. The maximum atomic E-state index is 13.7. The van der Waals surface area contributed by atoms with Gasteiger partial charge in [-0.15, -0.1) is 12.8 Å². The number of benzene rings is 1. The molecular formula is C41H71N3O5. The standard InChI is InChI=1S/C34H55N3O5.C3H8.C2H6.C2H2/c1-7-8-22-36(23-12-21-35(3)4)33(38)25-37-24-28(18-20-32-34(27(2)39-5)42-26-41-32)17-19-30(37)15-11-14-29-13-9-10-16-31(29)40-6;1-3-2;2*1-2/h9-10,13,16,20,28,30H,7-8,11-12,14-15,17-19,21-26H2,1-6H3;3H2,1-2H3;1-2H3;1-2H/b32-20+,34-27-;;;. The second kappa shape index (κ2) is 28.7. The number of carbonyl (C=O) groups excluding carboxylic acids is 1. The third-order valence-corrected chi connectivity index (χ3v) is 8.50. The molecule has 280 valence electrons. The number of nitrogens with zero attached hydrogens (tertiary/aromatic N) is 3. The van der Waals surface area contributed by atoms with Gasteiger partial charge in [-0.3, -0.25) is 9.69 Å². The molecule has 0 bridgehead atoms. The van der Waals surface area contributed by atoms with Gasteiger partial charge in [0.15, 0.2) is 5.76 Å². The van der Waals surface area contributed by atoms with Gasteiger partial charge in [-0.1, -0.05) is 65.7 Å². The minimum absolute atomic E-state index is 0.225. The summed E-state index contributed by atoms with van der Waals surface area (Å²) >= 11 is 0. The van der Waals surface area contributed by atoms with Crippen LogP contribution < -0.4 is 4.74 Å². The fourth-order valence-electron chi connectivity index (χ4n) is 5.98. The second-order valence-corrected chi connectivity index (χ2v) is 12.6. The Kier molecular flexibility index (Phi) is 26.8. The maximum Gasteiger partial charge on any atom is 0.236 e.